The maximum atomic E-state index is 11.7. The number of carbonyl (C=O) groups excluding carboxylic acids is 1. The third-order valence-corrected chi connectivity index (χ3v) is 3.84. The molecule has 114 valence electrons. The first-order chi connectivity index (χ1) is 9.97. The lowest BCUT2D eigenvalue weighted by molar-refractivity contribution is -0.384. The summed E-state index contributed by atoms with van der Waals surface area (Å²) in [5.41, 5.74) is 0.478. The van der Waals surface area contributed by atoms with Crippen LogP contribution in [0.2, 0.25) is 0 Å². The number of benzene rings is 1. The second-order valence-electron chi connectivity index (χ2n) is 5.12. The summed E-state index contributed by atoms with van der Waals surface area (Å²) in [7, 11) is 2.82. The second-order valence-corrected chi connectivity index (χ2v) is 5.12. The molecule has 2 unspecified atom stereocenters. The van der Waals surface area contributed by atoms with Crippen LogP contribution >= 0.6 is 0 Å². The highest BCUT2D eigenvalue weighted by Gasteiger charge is 2.37. The number of ether oxygens (including phenoxy) is 2. The lowest BCUT2D eigenvalue weighted by atomic mass is 9.99. The van der Waals surface area contributed by atoms with Crippen molar-refractivity contribution in [1.82, 2.24) is 0 Å². The third-order valence-electron chi connectivity index (χ3n) is 3.84. The average molecular weight is 294 g/mol. The summed E-state index contributed by atoms with van der Waals surface area (Å²) in [5.74, 6) is -0.0285. The molecule has 1 aromatic rings. The summed E-state index contributed by atoms with van der Waals surface area (Å²) < 4.78 is 9.81. The summed E-state index contributed by atoms with van der Waals surface area (Å²) in [6.45, 7) is 2.94. The molecule has 1 aromatic carbocycles. The maximum absolute atomic E-state index is 11.7. The molecule has 2 atom stereocenters. The highest BCUT2D eigenvalue weighted by atomic mass is 16.6. The van der Waals surface area contributed by atoms with Crippen LogP contribution < -0.4 is 9.64 Å². The van der Waals surface area contributed by atoms with Gasteiger partial charge < -0.3 is 14.4 Å². The Hall–Kier alpha value is -2.31. The van der Waals surface area contributed by atoms with Gasteiger partial charge in [0.2, 0.25) is 0 Å². The van der Waals surface area contributed by atoms with Crippen molar-refractivity contribution in [2.75, 3.05) is 32.2 Å². The molecule has 1 saturated heterocycles. The molecule has 0 saturated carbocycles. The molecule has 0 amide bonds. The van der Waals surface area contributed by atoms with Gasteiger partial charge >= 0.3 is 5.97 Å². The SMILES string of the molecule is COC(=O)C1CN(c2ccc(OC)cc2[N+](=O)[O-])CC1C. The van der Waals surface area contributed by atoms with E-state index in [-0.39, 0.29) is 23.5 Å². The molecule has 0 spiro atoms. The van der Waals surface area contributed by atoms with Gasteiger partial charge in [-0.15, -0.1) is 0 Å². The summed E-state index contributed by atoms with van der Waals surface area (Å²) in [4.78, 5) is 24.4. The molecule has 0 bridgehead atoms. The molecule has 7 nitrogen and oxygen atoms in total. The number of carbonyl (C=O) groups is 1. The largest absolute Gasteiger partial charge is 0.496 e. The number of hydrogen-bond acceptors (Lipinski definition) is 6. The summed E-state index contributed by atoms with van der Waals surface area (Å²) >= 11 is 0. The van der Waals surface area contributed by atoms with E-state index in [0.717, 1.165) is 0 Å². The highest BCUT2D eigenvalue weighted by Crippen LogP contribution is 2.36. The number of nitro groups is 1. The predicted molar refractivity (Wildman–Crippen MR) is 76.5 cm³/mol. The highest BCUT2D eigenvalue weighted by molar-refractivity contribution is 5.76. The number of anilines is 1. The molecule has 1 fully saturated rings. The molecule has 2 rings (SSSR count). The summed E-state index contributed by atoms with van der Waals surface area (Å²) in [6.07, 6.45) is 0. The zero-order valence-corrected chi connectivity index (χ0v) is 12.2. The van der Waals surface area contributed by atoms with Crippen LogP contribution in [-0.2, 0) is 9.53 Å². The summed E-state index contributed by atoms with van der Waals surface area (Å²) in [6, 6.07) is 4.73. The normalized spacial score (nSPS) is 21.2. The Morgan fingerprint density at radius 3 is 2.67 bits per heavy atom. The number of methoxy groups -OCH3 is 2. The smallest absolute Gasteiger partial charge is 0.310 e. The van der Waals surface area contributed by atoms with Gasteiger partial charge in [0.05, 0.1) is 31.1 Å². The molecule has 1 aliphatic rings. The standard InChI is InChI=1S/C14H18N2O5/c1-9-7-15(8-11(9)14(17)21-3)12-5-4-10(20-2)6-13(12)16(18)19/h4-6,9,11H,7-8H2,1-3H3. The number of rotatable bonds is 4. The average Bonchev–Trinajstić information content (AvgIpc) is 2.87. The fourth-order valence-electron chi connectivity index (χ4n) is 2.67. The monoisotopic (exact) mass is 294 g/mol. The zero-order valence-electron chi connectivity index (χ0n) is 12.2. The van der Waals surface area contributed by atoms with Crippen molar-refractivity contribution >= 4 is 17.3 Å². The van der Waals surface area contributed by atoms with Crippen LogP contribution in [0.3, 0.4) is 0 Å². The van der Waals surface area contributed by atoms with Crippen LogP contribution in [0, 0.1) is 22.0 Å². The van der Waals surface area contributed by atoms with Gasteiger partial charge in [0.1, 0.15) is 11.4 Å². The van der Waals surface area contributed by atoms with Crippen molar-refractivity contribution in [1.29, 1.82) is 0 Å². The maximum Gasteiger partial charge on any atom is 0.310 e. The van der Waals surface area contributed by atoms with Gasteiger partial charge in [0.25, 0.3) is 5.69 Å². The van der Waals surface area contributed by atoms with Crippen LogP contribution in [0.5, 0.6) is 5.75 Å². The van der Waals surface area contributed by atoms with E-state index in [1.165, 1.54) is 20.3 Å². The van der Waals surface area contributed by atoms with Gasteiger partial charge in [0, 0.05) is 13.1 Å². The number of hydrogen-bond donors (Lipinski definition) is 0. The van der Waals surface area contributed by atoms with E-state index < -0.39 is 4.92 Å². The fraction of sp³-hybridized carbons (Fsp3) is 0.500. The van der Waals surface area contributed by atoms with Crippen LogP contribution in [-0.4, -0.2) is 38.2 Å². The Morgan fingerprint density at radius 1 is 1.38 bits per heavy atom. The quantitative estimate of drug-likeness (QED) is 0.479. The molecular weight excluding hydrogens is 276 g/mol. The lowest BCUT2D eigenvalue weighted by Crippen LogP contribution is -2.24. The summed E-state index contributed by atoms with van der Waals surface area (Å²) in [5, 5.41) is 11.2. The van der Waals surface area contributed by atoms with E-state index in [9.17, 15) is 14.9 Å². The van der Waals surface area contributed by atoms with Crippen LogP contribution in [0.4, 0.5) is 11.4 Å². The predicted octanol–water partition coefficient (Wildman–Crippen LogP) is 1.85. The molecule has 0 aliphatic carbocycles. The zero-order chi connectivity index (χ0) is 15.6. The Balaban J connectivity index is 2.31. The van der Waals surface area contributed by atoms with E-state index in [1.807, 2.05) is 11.8 Å². The molecule has 0 radical (unpaired) electrons. The first-order valence-corrected chi connectivity index (χ1v) is 6.63. The van der Waals surface area contributed by atoms with Gasteiger partial charge in [-0.1, -0.05) is 6.92 Å². The van der Waals surface area contributed by atoms with E-state index in [1.54, 1.807) is 12.1 Å². The Morgan fingerprint density at radius 2 is 2.10 bits per heavy atom. The number of nitrogens with zero attached hydrogens (tertiary/aromatic N) is 2. The second kappa shape index (κ2) is 5.99. The third kappa shape index (κ3) is 2.91. The van der Waals surface area contributed by atoms with Gasteiger partial charge in [-0.05, 0) is 18.1 Å². The van der Waals surface area contributed by atoms with Gasteiger partial charge in [-0.25, -0.2) is 0 Å². The van der Waals surface area contributed by atoms with Crippen molar-refractivity contribution in [3.63, 3.8) is 0 Å². The van der Waals surface area contributed by atoms with Gasteiger partial charge in [-0.3, -0.25) is 14.9 Å². The Kier molecular flexibility index (Phi) is 4.30. The Labute approximate surface area is 122 Å². The molecule has 1 heterocycles. The van der Waals surface area contributed by atoms with E-state index in [4.69, 9.17) is 9.47 Å². The van der Waals surface area contributed by atoms with Crippen molar-refractivity contribution < 1.29 is 19.2 Å². The van der Waals surface area contributed by atoms with Gasteiger partial charge in [0.15, 0.2) is 0 Å². The van der Waals surface area contributed by atoms with E-state index in [0.29, 0.717) is 24.5 Å². The Bertz CT molecular complexity index is 560. The van der Waals surface area contributed by atoms with Gasteiger partial charge in [-0.2, -0.15) is 0 Å². The molecule has 21 heavy (non-hydrogen) atoms. The first-order valence-electron chi connectivity index (χ1n) is 6.63. The molecule has 1 aliphatic heterocycles. The van der Waals surface area contributed by atoms with Crippen LogP contribution in [0.15, 0.2) is 18.2 Å². The minimum absolute atomic E-state index is 0.0212. The van der Waals surface area contributed by atoms with Crippen molar-refractivity contribution in [2.24, 2.45) is 11.8 Å². The van der Waals surface area contributed by atoms with Crippen molar-refractivity contribution in [3.05, 3.63) is 28.3 Å². The molecule has 0 aromatic heterocycles. The molecule has 0 N–H and O–H groups in total. The fourth-order valence-corrected chi connectivity index (χ4v) is 2.67. The minimum Gasteiger partial charge on any atom is -0.496 e. The van der Waals surface area contributed by atoms with Crippen molar-refractivity contribution in [3.8, 4) is 5.75 Å². The minimum atomic E-state index is -0.437. The van der Waals surface area contributed by atoms with Crippen LogP contribution in [0.25, 0.3) is 0 Å². The number of nitro benzene ring substituents is 1. The van der Waals surface area contributed by atoms with Crippen LogP contribution in [0.1, 0.15) is 6.92 Å². The number of esters is 1. The topological polar surface area (TPSA) is 81.9 Å². The first kappa shape index (κ1) is 15.1. The van der Waals surface area contributed by atoms with Crippen molar-refractivity contribution in [2.45, 2.75) is 6.92 Å². The lowest BCUT2D eigenvalue weighted by Gasteiger charge is -2.18. The van der Waals surface area contributed by atoms with E-state index >= 15 is 0 Å². The molecule has 7 heteroatoms. The van der Waals surface area contributed by atoms with E-state index in [2.05, 4.69) is 0 Å². The molecular formula is C14H18N2O5.